The number of nitrogens with one attached hydrogen (secondary N) is 1. The zero-order valence-corrected chi connectivity index (χ0v) is 9.38. The van der Waals surface area contributed by atoms with Crippen molar-refractivity contribution < 1.29 is 19.1 Å². The molecule has 1 rings (SSSR count). The first-order chi connectivity index (χ1) is 8.19. The van der Waals surface area contributed by atoms with E-state index in [-0.39, 0.29) is 6.61 Å². The van der Waals surface area contributed by atoms with Gasteiger partial charge in [0.1, 0.15) is 0 Å². The summed E-state index contributed by atoms with van der Waals surface area (Å²) in [5.74, 6) is -1.25. The highest BCUT2D eigenvalue weighted by molar-refractivity contribution is 6.01. The Morgan fingerprint density at radius 3 is 2.53 bits per heavy atom. The summed E-state index contributed by atoms with van der Waals surface area (Å²) in [5, 5.41) is 2.29. The lowest BCUT2D eigenvalue weighted by atomic mass is 10.2. The summed E-state index contributed by atoms with van der Waals surface area (Å²) in [7, 11) is 0. The fourth-order valence-electron chi connectivity index (χ4n) is 1.19. The van der Waals surface area contributed by atoms with E-state index in [9.17, 15) is 14.4 Å². The number of esters is 1. The maximum absolute atomic E-state index is 11.6. The fourth-order valence-corrected chi connectivity index (χ4v) is 1.19. The monoisotopic (exact) mass is 235 g/mol. The molecule has 1 unspecified atom stereocenters. The van der Waals surface area contributed by atoms with Gasteiger partial charge in [0.2, 0.25) is 0 Å². The van der Waals surface area contributed by atoms with Crippen molar-refractivity contribution in [3.63, 3.8) is 0 Å². The third-order valence-electron chi connectivity index (χ3n) is 2.00. The van der Waals surface area contributed by atoms with Gasteiger partial charge in [0, 0.05) is 5.56 Å². The number of rotatable bonds is 5. The molecular formula is C12H13NO4. The molecule has 90 valence electrons. The van der Waals surface area contributed by atoms with Crippen LogP contribution in [0.15, 0.2) is 30.3 Å². The zero-order chi connectivity index (χ0) is 12.7. The van der Waals surface area contributed by atoms with Crippen LogP contribution in [0.3, 0.4) is 0 Å². The Balaban J connectivity index is 2.66. The standard InChI is InChI=1S/C12H13NO4/c1-2-17-12(16)10(8-14)13-11(15)9-6-4-3-5-7-9/h3-8,10H,2H2,1H3,(H,13,15). The molecule has 1 amide bonds. The summed E-state index contributed by atoms with van der Waals surface area (Å²) < 4.78 is 4.65. The van der Waals surface area contributed by atoms with Crippen molar-refractivity contribution in [2.75, 3.05) is 6.61 Å². The van der Waals surface area contributed by atoms with E-state index >= 15 is 0 Å². The van der Waals surface area contributed by atoms with Gasteiger partial charge in [-0.15, -0.1) is 0 Å². The summed E-state index contributed by atoms with van der Waals surface area (Å²) in [6.45, 7) is 1.78. The van der Waals surface area contributed by atoms with Crippen molar-refractivity contribution >= 4 is 18.2 Å². The van der Waals surface area contributed by atoms with E-state index in [4.69, 9.17) is 0 Å². The highest BCUT2D eigenvalue weighted by Crippen LogP contribution is 1.99. The smallest absolute Gasteiger partial charge is 0.336 e. The minimum absolute atomic E-state index is 0.157. The first-order valence-electron chi connectivity index (χ1n) is 5.17. The first-order valence-corrected chi connectivity index (χ1v) is 5.17. The molecule has 0 heterocycles. The van der Waals surface area contributed by atoms with E-state index in [0.29, 0.717) is 11.8 Å². The van der Waals surface area contributed by atoms with Crippen LogP contribution < -0.4 is 5.32 Å². The Kier molecular flexibility index (Phi) is 4.87. The average molecular weight is 235 g/mol. The van der Waals surface area contributed by atoms with Gasteiger partial charge in [0.15, 0.2) is 12.3 Å². The second kappa shape index (κ2) is 6.42. The van der Waals surface area contributed by atoms with E-state index in [2.05, 4.69) is 10.1 Å². The quantitative estimate of drug-likeness (QED) is 0.459. The molecule has 0 fully saturated rings. The van der Waals surface area contributed by atoms with Crippen LogP contribution in [0.2, 0.25) is 0 Å². The van der Waals surface area contributed by atoms with Crippen LogP contribution in [-0.4, -0.2) is 30.8 Å². The Hall–Kier alpha value is -2.17. The number of hydrogen-bond donors (Lipinski definition) is 1. The maximum Gasteiger partial charge on any atom is 0.336 e. The Morgan fingerprint density at radius 1 is 1.35 bits per heavy atom. The van der Waals surface area contributed by atoms with Gasteiger partial charge in [-0.05, 0) is 19.1 Å². The molecule has 0 aliphatic heterocycles. The van der Waals surface area contributed by atoms with Crippen LogP contribution in [0.4, 0.5) is 0 Å². The van der Waals surface area contributed by atoms with E-state index in [1.165, 1.54) is 0 Å². The van der Waals surface area contributed by atoms with Gasteiger partial charge in [-0.3, -0.25) is 4.79 Å². The topological polar surface area (TPSA) is 72.5 Å². The molecule has 0 spiro atoms. The molecule has 1 aromatic carbocycles. The number of ether oxygens (including phenoxy) is 1. The summed E-state index contributed by atoms with van der Waals surface area (Å²) in [6, 6.07) is 7.05. The zero-order valence-electron chi connectivity index (χ0n) is 9.38. The van der Waals surface area contributed by atoms with Crippen molar-refractivity contribution in [2.45, 2.75) is 13.0 Å². The van der Waals surface area contributed by atoms with Crippen LogP contribution in [0.5, 0.6) is 0 Å². The lowest BCUT2D eigenvalue weighted by Crippen LogP contribution is -2.43. The largest absolute Gasteiger partial charge is 0.464 e. The van der Waals surface area contributed by atoms with Crippen molar-refractivity contribution in [2.24, 2.45) is 0 Å². The second-order valence-electron chi connectivity index (χ2n) is 3.21. The van der Waals surface area contributed by atoms with Crippen molar-refractivity contribution in [3.8, 4) is 0 Å². The molecule has 5 nitrogen and oxygen atoms in total. The number of hydrogen-bond acceptors (Lipinski definition) is 4. The van der Waals surface area contributed by atoms with Crippen molar-refractivity contribution in [1.29, 1.82) is 0 Å². The van der Waals surface area contributed by atoms with E-state index < -0.39 is 17.9 Å². The summed E-state index contributed by atoms with van der Waals surface area (Å²) in [4.78, 5) is 33.6. The number of carbonyl (C=O) groups excluding carboxylic acids is 3. The van der Waals surface area contributed by atoms with E-state index in [1.54, 1.807) is 37.3 Å². The second-order valence-corrected chi connectivity index (χ2v) is 3.21. The van der Waals surface area contributed by atoms with E-state index in [0.717, 1.165) is 0 Å². The van der Waals surface area contributed by atoms with Crippen LogP contribution in [-0.2, 0) is 14.3 Å². The Labute approximate surface area is 98.8 Å². The molecule has 17 heavy (non-hydrogen) atoms. The summed E-state index contributed by atoms with van der Waals surface area (Å²) in [6.07, 6.45) is 0.346. The van der Waals surface area contributed by atoms with Crippen LogP contribution in [0, 0.1) is 0 Å². The molecule has 1 N–H and O–H groups in total. The number of carbonyl (C=O) groups is 3. The molecular weight excluding hydrogens is 222 g/mol. The van der Waals surface area contributed by atoms with Gasteiger partial charge in [0.25, 0.3) is 5.91 Å². The summed E-state index contributed by atoms with van der Waals surface area (Å²) >= 11 is 0. The van der Waals surface area contributed by atoms with Crippen LogP contribution in [0.1, 0.15) is 17.3 Å². The minimum atomic E-state index is -1.26. The molecule has 0 radical (unpaired) electrons. The van der Waals surface area contributed by atoms with Crippen molar-refractivity contribution in [1.82, 2.24) is 5.32 Å². The van der Waals surface area contributed by atoms with Gasteiger partial charge in [-0.25, -0.2) is 4.79 Å². The van der Waals surface area contributed by atoms with Gasteiger partial charge in [-0.1, -0.05) is 18.2 Å². The minimum Gasteiger partial charge on any atom is -0.464 e. The SMILES string of the molecule is CCOC(=O)C(C=O)NC(=O)c1ccccc1. The summed E-state index contributed by atoms with van der Waals surface area (Å²) in [5.41, 5.74) is 0.378. The van der Waals surface area contributed by atoms with E-state index in [1.807, 2.05) is 0 Å². The molecule has 0 saturated carbocycles. The number of aldehydes is 1. The Bertz CT molecular complexity index is 402. The van der Waals surface area contributed by atoms with Gasteiger partial charge >= 0.3 is 5.97 Å². The molecule has 0 aliphatic rings. The third-order valence-corrected chi connectivity index (χ3v) is 2.00. The normalized spacial score (nSPS) is 11.4. The molecule has 0 aliphatic carbocycles. The average Bonchev–Trinajstić information content (AvgIpc) is 2.37. The lowest BCUT2D eigenvalue weighted by Gasteiger charge is -2.11. The van der Waals surface area contributed by atoms with Crippen LogP contribution >= 0.6 is 0 Å². The molecule has 1 aromatic rings. The van der Waals surface area contributed by atoms with Gasteiger partial charge in [0.05, 0.1) is 6.61 Å². The lowest BCUT2D eigenvalue weighted by molar-refractivity contribution is -0.146. The van der Waals surface area contributed by atoms with Crippen molar-refractivity contribution in [3.05, 3.63) is 35.9 Å². The third kappa shape index (κ3) is 3.71. The predicted octanol–water partition coefficient (Wildman–Crippen LogP) is 0.547. The van der Waals surface area contributed by atoms with Gasteiger partial charge in [-0.2, -0.15) is 0 Å². The molecule has 0 aromatic heterocycles. The fraction of sp³-hybridized carbons (Fsp3) is 0.250. The molecule has 0 saturated heterocycles. The first kappa shape index (κ1) is 12.9. The molecule has 5 heteroatoms. The van der Waals surface area contributed by atoms with Crippen LogP contribution in [0.25, 0.3) is 0 Å². The maximum atomic E-state index is 11.6. The number of benzene rings is 1. The number of amides is 1. The predicted molar refractivity (Wildman–Crippen MR) is 60.4 cm³/mol. The molecule has 0 bridgehead atoms. The highest BCUT2D eigenvalue weighted by Gasteiger charge is 2.21. The highest BCUT2D eigenvalue weighted by atomic mass is 16.5. The Morgan fingerprint density at radius 2 is 2.00 bits per heavy atom. The van der Waals surface area contributed by atoms with Gasteiger partial charge < -0.3 is 14.8 Å². The molecule has 1 atom stereocenters.